The fourth-order valence-electron chi connectivity index (χ4n) is 3.38. The van der Waals surface area contributed by atoms with Gasteiger partial charge >= 0.3 is 0 Å². The van der Waals surface area contributed by atoms with Crippen molar-refractivity contribution in [1.29, 1.82) is 0 Å². The highest BCUT2D eigenvalue weighted by molar-refractivity contribution is 7.89. The average Bonchev–Trinajstić information content (AvgIpc) is 2.59. The maximum absolute atomic E-state index is 12.4. The number of hydrogen-bond donors (Lipinski definition) is 3. The Kier molecular flexibility index (Phi) is 5.19. The van der Waals surface area contributed by atoms with E-state index in [4.69, 9.17) is 9.88 Å². The van der Waals surface area contributed by atoms with E-state index in [9.17, 15) is 13.2 Å². The Morgan fingerprint density at radius 1 is 1.29 bits per heavy atom. The van der Waals surface area contributed by atoms with E-state index in [1.54, 1.807) is 12.1 Å². The average molecular weight is 353 g/mol. The number of amides is 1. The Labute approximate surface area is 142 Å². The Morgan fingerprint density at radius 2 is 2.04 bits per heavy atom. The van der Waals surface area contributed by atoms with Crippen molar-refractivity contribution in [3.8, 4) is 0 Å². The highest BCUT2D eigenvalue weighted by atomic mass is 32.2. The van der Waals surface area contributed by atoms with Gasteiger partial charge in [-0.15, -0.1) is 0 Å². The molecule has 1 aliphatic heterocycles. The third-order valence-corrected chi connectivity index (χ3v) is 5.65. The first kappa shape index (κ1) is 17.3. The van der Waals surface area contributed by atoms with E-state index in [1.165, 1.54) is 12.1 Å². The molecule has 1 aromatic rings. The highest BCUT2D eigenvalue weighted by Crippen LogP contribution is 2.28. The molecule has 0 spiro atoms. The van der Waals surface area contributed by atoms with Gasteiger partial charge < -0.3 is 15.4 Å². The van der Waals surface area contributed by atoms with Crippen LogP contribution in [0.1, 0.15) is 24.8 Å². The minimum atomic E-state index is -3.69. The molecular formula is C16H23N3O4S. The Bertz CT molecular complexity index is 690. The second-order valence-electron chi connectivity index (χ2n) is 6.39. The zero-order valence-corrected chi connectivity index (χ0v) is 14.2. The van der Waals surface area contributed by atoms with Crippen LogP contribution in [0.2, 0.25) is 0 Å². The first-order chi connectivity index (χ1) is 11.4. The van der Waals surface area contributed by atoms with Crippen molar-refractivity contribution in [2.75, 3.05) is 13.2 Å². The van der Waals surface area contributed by atoms with Crippen LogP contribution in [-0.2, 0) is 26.1 Å². The van der Waals surface area contributed by atoms with Crippen LogP contribution in [0.25, 0.3) is 0 Å². The number of primary sulfonamides is 1. The number of sulfonamides is 1. The molecule has 2 fully saturated rings. The minimum Gasteiger partial charge on any atom is -0.375 e. The van der Waals surface area contributed by atoms with Gasteiger partial charge in [-0.3, -0.25) is 4.79 Å². The van der Waals surface area contributed by atoms with Crippen LogP contribution in [0.4, 0.5) is 0 Å². The minimum absolute atomic E-state index is 0.0101. The van der Waals surface area contributed by atoms with E-state index in [-0.39, 0.29) is 28.9 Å². The maximum atomic E-state index is 12.4. The predicted octanol–water partition coefficient (Wildman–Crippen LogP) is 0.107. The van der Waals surface area contributed by atoms with Crippen molar-refractivity contribution in [2.45, 2.75) is 42.8 Å². The smallest absolute Gasteiger partial charge is 0.238 e. The Hall–Kier alpha value is -1.48. The second-order valence-corrected chi connectivity index (χ2v) is 7.95. The number of ether oxygens (including phenoxy) is 1. The summed E-state index contributed by atoms with van der Waals surface area (Å²) in [6.07, 6.45) is 2.76. The number of rotatable bonds is 4. The lowest BCUT2D eigenvalue weighted by molar-refractivity contribution is -0.128. The molecule has 0 aromatic heterocycles. The molecule has 1 saturated heterocycles. The summed E-state index contributed by atoms with van der Waals surface area (Å²) in [5.74, 6) is 0.0282. The summed E-state index contributed by atoms with van der Waals surface area (Å²) in [5, 5.41) is 11.4. The second kappa shape index (κ2) is 7.18. The molecule has 1 aromatic carbocycles. The molecule has 1 saturated carbocycles. The summed E-state index contributed by atoms with van der Waals surface area (Å²) in [6, 6.07) is 6.48. The van der Waals surface area contributed by atoms with Crippen LogP contribution in [0, 0.1) is 5.92 Å². The molecule has 3 atom stereocenters. The SMILES string of the molecule is NS(=O)(=O)c1ccc(CNC(=O)[C@H]2CC[C@H]3OCCN[C@@H]3C2)cc1. The number of morpholine rings is 1. The van der Waals surface area contributed by atoms with Crippen molar-refractivity contribution < 1.29 is 17.9 Å². The third kappa shape index (κ3) is 4.13. The van der Waals surface area contributed by atoms with Crippen LogP contribution in [0.3, 0.4) is 0 Å². The Morgan fingerprint density at radius 3 is 2.75 bits per heavy atom. The van der Waals surface area contributed by atoms with Crippen LogP contribution >= 0.6 is 0 Å². The number of benzene rings is 1. The quantitative estimate of drug-likeness (QED) is 0.711. The number of carbonyl (C=O) groups excluding carboxylic acids is 1. The molecule has 2 aliphatic rings. The fraction of sp³-hybridized carbons (Fsp3) is 0.562. The standard InChI is InChI=1S/C16H23N3O4S/c17-24(21,22)13-4-1-11(2-5-13)10-19-16(20)12-3-6-15-14(9-12)18-7-8-23-15/h1-2,4-5,12,14-15,18H,3,6-10H2,(H,19,20)(H2,17,21,22)/t12-,14+,15+/m0/s1. The third-order valence-electron chi connectivity index (χ3n) is 4.72. The summed E-state index contributed by atoms with van der Waals surface area (Å²) < 4.78 is 28.2. The zero-order chi connectivity index (χ0) is 17.2. The molecule has 132 valence electrons. The van der Waals surface area contributed by atoms with Crippen molar-refractivity contribution in [2.24, 2.45) is 11.1 Å². The first-order valence-electron chi connectivity index (χ1n) is 8.18. The number of nitrogens with one attached hydrogen (secondary N) is 2. The van der Waals surface area contributed by atoms with Gasteiger partial charge in [-0.25, -0.2) is 13.6 Å². The summed E-state index contributed by atoms with van der Waals surface area (Å²) in [6.45, 7) is 1.96. The fourth-order valence-corrected chi connectivity index (χ4v) is 3.90. The molecule has 0 bridgehead atoms. The van der Waals surface area contributed by atoms with Gasteiger partial charge in [-0.2, -0.15) is 0 Å². The molecule has 1 heterocycles. The van der Waals surface area contributed by atoms with Crippen molar-refractivity contribution in [3.63, 3.8) is 0 Å². The van der Waals surface area contributed by atoms with Gasteiger partial charge in [0.1, 0.15) is 0 Å². The Balaban J connectivity index is 1.52. The van der Waals surface area contributed by atoms with Gasteiger partial charge in [-0.05, 0) is 37.0 Å². The lowest BCUT2D eigenvalue weighted by Gasteiger charge is -2.39. The molecule has 1 amide bonds. The van der Waals surface area contributed by atoms with Gasteiger partial charge in [0.05, 0.1) is 17.6 Å². The summed E-state index contributed by atoms with van der Waals surface area (Å²) >= 11 is 0. The topological polar surface area (TPSA) is 111 Å². The van der Waals surface area contributed by atoms with E-state index in [0.29, 0.717) is 6.54 Å². The molecule has 7 nitrogen and oxygen atoms in total. The molecule has 4 N–H and O–H groups in total. The largest absolute Gasteiger partial charge is 0.375 e. The molecular weight excluding hydrogens is 330 g/mol. The molecule has 24 heavy (non-hydrogen) atoms. The summed E-state index contributed by atoms with van der Waals surface area (Å²) in [5.41, 5.74) is 0.837. The number of carbonyl (C=O) groups is 1. The lowest BCUT2D eigenvalue weighted by Crippen LogP contribution is -2.53. The van der Waals surface area contributed by atoms with Gasteiger partial charge in [0.2, 0.25) is 15.9 Å². The maximum Gasteiger partial charge on any atom is 0.238 e. The lowest BCUT2D eigenvalue weighted by atomic mass is 9.82. The normalized spacial score (nSPS) is 27.3. The predicted molar refractivity (Wildman–Crippen MR) is 88.5 cm³/mol. The number of fused-ring (bicyclic) bond motifs is 1. The van der Waals surface area contributed by atoms with E-state index in [1.807, 2.05) is 0 Å². The van der Waals surface area contributed by atoms with Crippen molar-refractivity contribution in [1.82, 2.24) is 10.6 Å². The van der Waals surface area contributed by atoms with E-state index < -0.39 is 10.0 Å². The molecule has 8 heteroatoms. The van der Waals surface area contributed by atoms with Crippen LogP contribution in [0.5, 0.6) is 0 Å². The molecule has 1 aliphatic carbocycles. The number of hydrogen-bond acceptors (Lipinski definition) is 5. The van der Waals surface area contributed by atoms with E-state index >= 15 is 0 Å². The van der Waals surface area contributed by atoms with Crippen LogP contribution in [-0.4, -0.2) is 39.6 Å². The van der Waals surface area contributed by atoms with Gasteiger partial charge in [-0.1, -0.05) is 12.1 Å². The van der Waals surface area contributed by atoms with Crippen LogP contribution in [0.15, 0.2) is 29.2 Å². The van der Waals surface area contributed by atoms with Gasteiger partial charge in [0.15, 0.2) is 0 Å². The molecule has 0 radical (unpaired) electrons. The van der Waals surface area contributed by atoms with Crippen molar-refractivity contribution >= 4 is 15.9 Å². The van der Waals surface area contributed by atoms with Crippen molar-refractivity contribution in [3.05, 3.63) is 29.8 Å². The first-order valence-corrected chi connectivity index (χ1v) is 9.72. The van der Waals surface area contributed by atoms with Gasteiger partial charge in [0, 0.05) is 25.0 Å². The zero-order valence-electron chi connectivity index (χ0n) is 13.4. The monoisotopic (exact) mass is 353 g/mol. The molecule has 0 unspecified atom stereocenters. The van der Waals surface area contributed by atoms with Gasteiger partial charge in [0.25, 0.3) is 0 Å². The molecule has 3 rings (SSSR count). The summed E-state index contributed by atoms with van der Waals surface area (Å²) in [4.78, 5) is 12.4. The van der Waals surface area contributed by atoms with E-state index in [2.05, 4.69) is 10.6 Å². The summed E-state index contributed by atoms with van der Waals surface area (Å²) in [7, 11) is -3.69. The van der Waals surface area contributed by atoms with E-state index in [0.717, 1.165) is 38.0 Å². The number of nitrogens with two attached hydrogens (primary N) is 1. The van der Waals surface area contributed by atoms with Crippen LogP contribution < -0.4 is 15.8 Å². The highest BCUT2D eigenvalue weighted by Gasteiger charge is 2.35.